The summed E-state index contributed by atoms with van der Waals surface area (Å²) in [6, 6.07) is 16.2. The molecule has 0 atom stereocenters. The van der Waals surface area contributed by atoms with E-state index >= 15 is 0 Å². The molecule has 0 aliphatic carbocycles. The van der Waals surface area contributed by atoms with E-state index in [1.54, 1.807) is 24.7 Å². The monoisotopic (exact) mass is 308 g/mol. The van der Waals surface area contributed by atoms with Crippen LogP contribution in [-0.2, 0) is 13.0 Å². The molecule has 0 saturated heterocycles. The first-order chi connectivity index (χ1) is 11.2. The Labute approximate surface area is 134 Å². The van der Waals surface area contributed by atoms with Crippen molar-refractivity contribution in [3.63, 3.8) is 0 Å². The summed E-state index contributed by atoms with van der Waals surface area (Å²) < 4.78 is 14.8. The van der Waals surface area contributed by atoms with Gasteiger partial charge in [0.05, 0.1) is 12.5 Å². The number of nitrogens with zero attached hydrogens (tertiary/aromatic N) is 2. The molecule has 0 aliphatic rings. The van der Waals surface area contributed by atoms with Crippen LogP contribution in [0.2, 0.25) is 0 Å². The summed E-state index contributed by atoms with van der Waals surface area (Å²) in [5, 5.41) is 0. The van der Waals surface area contributed by atoms with E-state index in [0.717, 1.165) is 11.1 Å². The molecule has 0 amide bonds. The standard InChI is InChI=1S/C19H17FN2O/c20-17-9-6-15(7-10-17)8-11-19(23)18-12-21-14-22(18)13-16-4-2-1-3-5-16/h1-7,9-10,12,14H,8,11,13H2. The Morgan fingerprint density at radius 1 is 1.00 bits per heavy atom. The van der Waals surface area contributed by atoms with Crippen molar-refractivity contribution < 1.29 is 9.18 Å². The Balaban J connectivity index is 1.66. The predicted molar refractivity (Wildman–Crippen MR) is 86.8 cm³/mol. The van der Waals surface area contributed by atoms with Gasteiger partial charge >= 0.3 is 0 Å². The van der Waals surface area contributed by atoms with Crippen molar-refractivity contribution in [3.8, 4) is 0 Å². The van der Waals surface area contributed by atoms with Gasteiger partial charge in [-0.15, -0.1) is 0 Å². The third-order valence-corrected chi connectivity index (χ3v) is 3.75. The molecule has 3 rings (SSSR count). The number of benzene rings is 2. The number of Topliss-reactive ketones (excluding diaryl/α,β-unsaturated/α-hetero) is 1. The van der Waals surface area contributed by atoms with Crippen LogP contribution in [0.3, 0.4) is 0 Å². The van der Waals surface area contributed by atoms with Gasteiger partial charge in [-0.25, -0.2) is 9.37 Å². The summed E-state index contributed by atoms with van der Waals surface area (Å²) in [7, 11) is 0. The molecule has 0 unspecified atom stereocenters. The van der Waals surface area contributed by atoms with E-state index in [-0.39, 0.29) is 11.6 Å². The van der Waals surface area contributed by atoms with Gasteiger partial charge in [0, 0.05) is 13.0 Å². The summed E-state index contributed by atoms with van der Waals surface area (Å²) in [6.45, 7) is 0.623. The lowest BCUT2D eigenvalue weighted by Gasteiger charge is -2.08. The maximum atomic E-state index is 12.9. The van der Waals surface area contributed by atoms with Crippen LogP contribution in [-0.4, -0.2) is 15.3 Å². The summed E-state index contributed by atoms with van der Waals surface area (Å²) in [6.07, 6.45) is 4.26. The molecule has 0 N–H and O–H groups in total. The van der Waals surface area contributed by atoms with Crippen LogP contribution in [0.4, 0.5) is 4.39 Å². The van der Waals surface area contributed by atoms with Gasteiger partial charge in [0.2, 0.25) is 0 Å². The zero-order chi connectivity index (χ0) is 16.1. The number of halogens is 1. The van der Waals surface area contributed by atoms with Gasteiger partial charge in [0.15, 0.2) is 5.78 Å². The number of aryl methyl sites for hydroxylation is 1. The third kappa shape index (κ3) is 3.92. The predicted octanol–water partition coefficient (Wildman–Crippen LogP) is 3.89. The first-order valence-electron chi connectivity index (χ1n) is 7.54. The minimum absolute atomic E-state index is 0.0442. The molecule has 1 heterocycles. The lowest BCUT2D eigenvalue weighted by atomic mass is 10.1. The Kier molecular flexibility index (Phi) is 4.62. The van der Waals surface area contributed by atoms with Crippen LogP contribution in [0.1, 0.15) is 28.0 Å². The van der Waals surface area contributed by atoms with Gasteiger partial charge in [-0.05, 0) is 29.7 Å². The second-order valence-corrected chi connectivity index (χ2v) is 5.44. The highest BCUT2D eigenvalue weighted by Gasteiger charge is 2.12. The van der Waals surface area contributed by atoms with Gasteiger partial charge in [-0.3, -0.25) is 4.79 Å². The van der Waals surface area contributed by atoms with Gasteiger partial charge < -0.3 is 4.57 Å². The number of rotatable bonds is 6. The van der Waals surface area contributed by atoms with Crippen molar-refractivity contribution in [1.29, 1.82) is 0 Å². The molecule has 0 saturated carbocycles. The number of hydrogen-bond donors (Lipinski definition) is 0. The van der Waals surface area contributed by atoms with Crippen LogP contribution in [0.15, 0.2) is 67.1 Å². The quantitative estimate of drug-likeness (QED) is 0.648. The van der Waals surface area contributed by atoms with Crippen molar-refractivity contribution in [3.05, 3.63) is 89.8 Å². The number of hydrogen-bond acceptors (Lipinski definition) is 2. The molecule has 23 heavy (non-hydrogen) atoms. The molecule has 3 nitrogen and oxygen atoms in total. The lowest BCUT2D eigenvalue weighted by molar-refractivity contribution is 0.0974. The summed E-state index contributed by atoms with van der Waals surface area (Å²) in [5.74, 6) is -0.219. The highest BCUT2D eigenvalue weighted by molar-refractivity contribution is 5.94. The third-order valence-electron chi connectivity index (χ3n) is 3.75. The fourth-order valence-electron chi connectivity index (χ4n) is 2.50. The fourth-order valence-corrected chi connectivity index (χ4v) is 2.50. The lowest BCUT2D eigenvalue weighted by Crippen LogP contribution is -2.10. The van der Waals surface area contributed by atoms with Crippen LogP contribution in [0.5, 0.6) is 0 Å². The van der Waals surface area contributed by atoms with E-state index in [2.05, 4.69) is 4.98 Å². The van der Waals surface area contributed by atoms with E-state index in [1.165, 1.54) is 12.1 Å². The number of carbonyl (C=O) groups excluding carboxylic acids is 1. The minimum atomic E-state index is -0.263. The van der Waals surface area contributed by atoms with Crippen molar-refractivity contribution in [2.75, 3.05) is 0 Å². The number of ketones is 1. The average Bonchev–Trinajstić information content (AvgIpc) is 3.03. The SMILES string of the molecule is O=C(CCc1ccc(F)cc1)c1cncn1Cc1ccccc1. The fraction of sp³-hybridized carbons (Fsp3) is 0.158. The molecular weight excluding hydrogens is 291 g/mol. The van der Waals surface area contributed by atoms with Crippen molar-refractivity contribution in [2.24, 2.45) is 0 Å². The Hall–Kier alpha value is -2.75. The largest absolute Gasteiger partial charge is 0.324 e. The molecule has 0 radical (unpaired) electrons. The molecule has 116 valence electrons. The van der Waals surface area contributed by atoms with Crippen LogP contribution < -0.4 is 0 Å². The van der Waals surface area contributed by atoms with Gasteiger partial charge in [-0.2, -0.15) is 0 Å². The van der Waals surface area contributed by atoms with E-state index in [0.29, 0.717) is 25.1 Å². The van der Waals surface area contributed by atoms with Crippen molar-refractivity contribution >= 4 is 5.78 Å². The Bertz CT molecular complexity index is 779. The minimum Gasteiger partial charge on any atom is -0.324 e. The summed E-state index contributed by atoms with van der Waals surface area (Å²) in [5.41, 5.74) is 2.68. The van der Waals surface area contributed by atoms with Gasteiger partial charge in [0.25, 0.3) is 0 Å². The maximum absolute atomic E-state index is 12.9. The Morgan fingerprint density at radius 3 is 2.48 bits per heavy atom. The van der Waals surface area contributed by atoms with E-state index in [1.807, 2.05) is 34.9 Å². The molecule has 3 aromatic rings. The van der Waals surface area contributed by atoms with Crippen molar-refractivity contribution in [1.82, 2.24) is 9.55 Å². The smallest absolute Gasteiger partial charge is 0.181 e. The highest BCUT2D eigenvalue weighted by Crippen LogP contribution is 2.11. The molecular formula is C19H17FN2O. The second kappa shape index (κ2) is 7.01. The molecule has 0 spiro atoms. The zero-order valence-electron chi connectivity index (χ0n) is 12.7. The van der Waals surface area contributed by atoms with E-state index < -0.39 is 0 Å². The van der Waals surface area contributed by atoms with E-state index in [4.69, 9.17) is 0 Å². The maximum Gasteiger partial charge on any atom is 0.181 e. The molecule has 0 fully saturated rings. The molecule has 1 aromatic heterocycles. The summed E-state index contributed by atoms with van der Waals surface area (Å²) >= 11 is 0. The van der Waals surface area contributed by atoms with Crippen LogP contribution in [0, 0.1) is 5.82 Å². The summed E-state index contributed by atoms with van der Waals surface area (Å²) in [4.78, 5) is 16.5. The topological polar surface area (TPSA) is 34.9 Å². The second-order valence-electron chi connectivity index (χ2n) is 5.44. The van der Waals surface area contributed by atoms with Gasteiger partial charge in [0.1, 0.15) is 11.5 Å². The first-order valence-corrected chi connectivity index (χ1v) is 7.54. The number of carbonyl (C=O) groups is 1. The van der Waals surface area contributed by atoms with E-state index in [9.17, 15) is 9.18 Å². The highest BCUT2D eigenvalue weighted by atomic mass is 19.1. The number of imidazole rings is 1. The van der Waals surface area contributed by atoms with Crippen LogP contribution >= 0.6 is 0 Å². The molecule has 4 heteroatoms. The Morgan fingerprint density at radius 2 is 1.74 bits per heavy atom. The average molecular weight is 308 g/mol. The molecule has 2 aromatic carbocycles. The molecule has 0 bridgehead atoms. The van der Waals surface area contributed by atoms with Crippen LogP contribution in [0.25, 0.3) is 0 Å². The number of aromatic nitrogens is 2. The van der Waals surface area contributed by atoms with Gasteiger partial charge in [-0.1, -0.05) is 42.5 Å². The molecule has 0 aliphatic heterocycles. The first kappa shape index (κ1) is 15.2. The zero-order valence-corrected chi connectivity index (χ0v) is 12.7. The van der Waals surface area contributed by atoms with Crippen molar-refractivity contribution in [2.45, 2.75) is 19.4 Å². The normalized spacial score (nSPS) is 10.7.